The van der Waals surface area contributed by atoms with Crippen LogP contribution in [-0.4, -0.2) is 20.2 Å². The molecule has 0 aliphatic heterocycles. The van der Waals surface area contributed by atoms with E-state index in [9.17, 15) is 0 Å². The standard InChI is InChI=1S/C16H16N4S/c1-11-5-7-13(8-6-11)15-18-16(20-19-15)21-12(2)14-4-3-9-17-10-14/h3-10,12H,1-2H3,(H,18,19,20)/t12-/m1/s1. The molecule has 0 bridgehead atoms. The Bertz CT molecular complexity index is 707. The molecule has 2 aromatic heterocycles. The summed E-state index contributed by atoms with van der Waals surface area (Å²) in [6.45, 7) is 4.20. The maximum absolute atomic E-state index is 4.55. The molecule has 5 heteroatoms. The number of hydrogen-bond acceptors (Lipinski definition) is 4. The number of aromatic nitrogens is 4. The van der Waals surface area contributed by atoms with Crippen molar-refractivity contribution in [2.24, 2.45) is 0 Å². The van der Waals surface area contributed by atoms with E-state index >= 15 is 0 Å². The molecule has 1 aromatic carbocycles. The van der Waals surface area contributed by atoms with Crippen LogP contribution in [0.1, 0.15) is 23.3 Å². The van der Waals surface area contributed by atoms with Crippen LogP contribution in [-0.2, 0) is 0 Å². The van der Waals surface area contributed by atoms with E-state index in [1.54, 1.807) is 18.0 Å². The first kappa shape index (κ1) is 13.8. The van der Waals surface area contributed by atoms with E-state index in [0.29, 0.717) is 0 Å². The minimum absolute atomic E-state index is 0.264. The topological polar surface area (TPSA) is 54.5 Å². The lowest BCUT2D eigenvalue weighted by atomic mass is 10.1. The molecule has 4 nitrogen and oxygen atoms in total. The van der Waals surface area contributed by atoms with Crippen LogP contribution in [0.4, 0.5) is 0 Å². The van der Waals surface area contributed by atoms with Gasteiger partial charge in [0.25, 0.3) is 0 Å². The average Bonchev–Trinajstić information content (AvgIpc) is 2.97. The minimum atomic E-state index is 0.264. The lowest BCUT2D eigenvalue weighted by Crippen LogP contribution is -1.89. The Morgan fingerprint density at radius 1 is 1.14 bits per heavy atom. The van der Waals surface area contributed by atoms with Crippen molar-refractivity contribution in [2.75, 3.05) is 0 Å². The van der Waals surface area contributed by atoms with E-state index in [2.05, 4.69) is 64.3 Å². The van der Waals surface area contributed by atoms with Crippen molar-refractivity contribution in [3.8, 4) is 11.4 Å². The van der Waals surface area contributed by atoms with Crippen LogP contribution in [0, 0.1) is 6.92 Å². The van der Waals surface area contributed by atoms with Crippen LogP contribution in [0.15, 0.2) is 53.9 Å². The molecule has 0 spiro atoms. The van der Waals surface area contributed by atoms with Crippen LogP contribution in [0.5, 0.6) is 0 Å². The Hall–Kier alpha value is -2.14. The van der Waals surface area contributed by atoms with Gasteiger partial charge in [0.1, 0.15) is 0 Å². The van der Waals surface area contributed by atoms with Gasteiger partial charge in [0.2, 0.25) is 5.16 Å². The fourth-order valence-electron chi connectivity index (χ4n) is 1.98. The smallest absolute Gasteiger partial charge is 0.209 e. The van der Waals surface area contributed by atoms with Gasteiger partial charge in [-0.05, 0) is 25.5 Å². The van der Waals surface area contributed by atoms with Crippen molar-refractivity contribution in [2.45, 2.75) is 24.3 Å². The molecule has 0 amide bonds. The van der Waals surface area contributed by atoms with Crippen LogP contribution in [0.2, 0.25) is 0 Å². The molecule has 3 aromatic rings. The first-order valence-corrected chi connectivity index (χ1v) is 7.66. The van der Waals surface area contributed by atoms with Crippen LogP contribution in [0.25, 0.3) is 11.4 Å². The second kappa shape index (κ2) is 6.10. The largest absolute Gasteiger partial charge is 0.264 e. The van der Waals surface area contributed by atoms with Crippen molar-refractivity contribution in [1.29, 1.82) is 0 Å². The van der Waals surface area contributed by atoms with Gasteiger partial charge in [0, 0.05) is 23.2 Å². The maximum atomic E-state index is 4.55. The number of benzene rings is 1. The summed E-state index contributed by atoms with van der Waals surface area (Å²) in [7, 11) is 0. The fourth-order valence-corrected chi connectivity index (χ4v) is 2.82. The van der Waals surface area contributed by atoms with Crippen molar-refractivity contribution in [1.82, 2.24) is 20.2 Å². The van der Waals surface area contributed by atoms with E-state index in [0.717, 1.165) is 16.5 Å². The molecule has 21 heavy (non-hydrogen) atoms. The summed E-state index contributed by atoms with van der Waals surface area (Å²) < 4.78 is 0. The van der Waals surface area contributed by atoms with E-state index in [1.165, 1.54) is 11.1 Å². The van der Waals surface area contributed by atoms with Crippen molar-refractivity contribution in [3.05, 3.63) is 59.9 Å². The molecular formula is C16H16N4S. The number of thioether (sulfide) groups is 1. The third-order valence-corrected chi connectivity index (χ3v) is 4.25. The number of aromatic amines is 1. The molecule has 0 radical (unpaired) electrons. The first-order chi connectivity index (χ1) is 10.2. The summed E-state index contributed by atoms with van der Waals surface area (Å²) in [5.74, 6) is 0.802. The number of nitrogens with zero attached hydrogens (tertiary/aromatic N) is 3. The summed E-state index contributed by atoms with van der Waals surface area (Å²) >= 11 is 1.62. The van der Waals surface area contributed by atoms with Crippen LogP contribution < -0.4 is 0 Å². The molecule has 0 unspecified atom stereocenters. The zero-order valence-electron chi connectivity index (χ0n) is 11.9. The Kier molecular flexibility index (Phi) is 4.01. The van der Waals surface area contributed by atoms with Crippen molar-refractivity contribution >= 4 is 11.8 Å². The monoisotopic (exact) mass is 296 g/mol. The highest BCUT2D eigenvalue weighted by Crippen LogP contribution is 2.32. The van der Waals surface area contributed by atoms with Crippen molar-refractivity contribution < 1.29 is 0 Å². The molecular weight excluding hydrogens is 280 g/mol. The molecule has 0 aliphatic rings. The van der Waals surface area contributed by atoms with Gasteiger partial charge in [0.05, 0.1) is 0 Å². The number of nitrogens with one attached hydrogen (secondary N) is 1. The lowest BCUT2D eigenvalue weighted by Gasteiger charge is -2.07. The molecule has 0 fully saturated rings. The SMILES string of the molecule is Cc1ccc(-c2nc(S[C@H](C)c3cccnc3)n[nH]2)cc1. The van der Waals surface area contributed by atoms with Gasteiger partial charge in [-0.2, -0.15) is 0 Å². The third-order valence-electron chi connectivity index (χ3n) is 3.23. The van der Waals surface area contributed by atoms with E-state index < -0.39 is 0 Å². The Balaban J connectivity index is 1.75. The molecule has 2 heterocycles. The van der Waals surface area contributed by atoms with E-state index in [-0.39, 0.29) is 5.25 Å². The normalized spacial score (nSPS) is 12.3. The van der Waals surface area contributed by atoms with Crippen LogP contribution in [0.3, 0.4) is 0 Å². The molecule has 0 saturated heterocycles. The van der Waals surface area contributed by atoms with E-state index in [1.807, 2.05) is 12.3 Å². The quantitative estimate of drug-likeness (QED) is 0.739. The third kappa shape index (κ3) is 3.31. The second-order valence-corrected chi connectivity index (χ2v) is 6.19. The summed E-state index contributed by atoms with van der Waals surface area (Å²) in [6.07, 6.45) is 3.66. The zero-order valence-corrected chi connectivity index (χ0v) is 12.8. The van der Waals surface area contributed by atoms with Gasteiger partial charge in [0.15, 0.2) is 5.82 Å². The zero-order chi connectivity index (χ0) is 14.7. The molecule has 0 saturated carbocycles. The number of hydrogen-bond donors (Lipinski definition) is 1. The highest BCUT2D eigenvalue weighted by molar-refractivity contribution is 7.99. The van der Waals surface area contributed by atoms with Crippen LogP contribution >= 0.6 is 11.8 Å². The van der Waals surface area contributed by atoms with E-state index in [4.69, 9.17) is 0 Å². The summed E-state index contributed by atoms with van der Waals surface area (Å²) in [5.41, 5.74) is 3.45. The number of aryl methyl sites for hydroxylation is 1. The van der Waals surface area contributed by atoms with Gasteiger partial charge in [-0.15, -0.1) is 5.10 Å². The minimum Gasteiger partial charge on any atom is -0.264 e. The predicted molar refractivity (Wildman–Crippen MR) is 85.1 cm³/mol. The number of rotatable bonds is 4. The predicted octanol–water partition coefficient (Wildman–Crippen LogP) is 4.03. The molecule has 1 N–H and O–H groups in total. The molecule has 0 aliphatic carbocycles. The fraction of sp³-hybridized carbons (Fsp3) is 0.188. The lowest BCUT2D eigenvalue weighted by molar-refractivity contribution is 0.958. The van der Waals surface area contributed by atoms with Crippen molar-refractivity contribution in [3.63, 3.8) is 0 Å². The van der Waals surface area contributed by atoms with Gasteiger partial charge in [-0.3, -0.25) is 10.1 Å². The Labute approximate surface area is 128 Å². The Morgan fingerprint density at radius 3 is 2.67 bits per heavy atom. The molecule has 1 atom stereocenters. The first-order valence-electron chi connectivity index (χ1n) is 6.78. The Morgan fingerprint density at radius 2 is 1.95 bits per heavy atom. The number of pyridine rings is 1. The van der Waals surface area contributed by atoms with Gasteiger partial charge < -0.3 is 0 Å². The summed E-state index contributed by atoms with van der Waals surface area (Å²) in [5, 5.41) is 8.30. The summed E-state index contributed by atoms with van der Waals surface area (Å²) in [6, 6.07) is 12.3. The maximum Gasteiger partial charge on any atom is 0.209 e. The molecule has 106 valence electrons. The number of H-pyrrole nitrogens is 1. The van der Waals surface area contributed by atoms with Gasteiger partial charge in [-0.1, -0.05) is 47.7 Å². The highest BCUT2D eigenvalue weighted by atomic mass is 32.2. The highest BCUT2D eigenvalue weighted by Gasteiger charge is 2.12. The van der Waals surface area contributed by atoms with Gasteiger partial charge >= 0.3 is 0 Å². The average molecular weight is 296 g/mol. The summed E-state index contributed by atoms with van der Waals surface area (Å²) in [4.78, 5) is 8.70. The second-order valence-electron chi connectivity index (χ2n) is 4.88. The molecule has 3 rings (SSSR count). The van der Waals surface area contributed by atoms with Gasteiger partial charge in [-0.25, -0.2) is 4.98 Å².